The number of hydrogen-bond acceptors (Lipinski definition) is 10. The van der Waals surface area contributed by atoms with Crippen molar-refractivity contribution in [3.05, 3.63) is 47.3 Å². The molecule has 0 unspecified atom stereocenters. The van der Waals surface area contributed by atoms with E-state index in [0.29, 0.717) is 30.0 Å². The maximum absolute atomic E-state index is 9.41. The molecule has 0 bridgehead atoms. The zero-order chi connectivity index (χ0) is 27.4. The van der Waals surface area contributed by atoms with Crippen molar-refractivity contribution >= 4 is 23.3 Å². The number of aliphatic hydroxyl groups is 2. The number of aliphatic hydroxyl groups excluding tert-OH is 2. The van der Waals surface area contributed by atoms with E-state index in [0.717, 1.165) is 53.8 Å². The molecule has 2 heterocycles. The van der Waals surface area contributed by atoms with Crippen LogP contribution in [0.25, 0.3) is 11.6 Å². The second-order valence-electron chi connectivity index (χ2n) is 9.54. The lowest BCUT2D eigenvalue weighted by molar-refractivity contribution is 0.206. The smallest absolute Gasteiger partial charge is 0.130 e. The Morgan fingerprint density at radius 1 is 0.895 bits per heavy atom. The molecule has 212 valence electrons. The molecule has 0 aliphatic heterocycles. The van der Waals surface area contributed by atoms with Gasteiger partial charge in [-0.05, 0) is 36.3 Å². The molecule has 0 radical (unpaired) electrons. The molecule has 2 aromatic rings. The first-order valence-electron chi connectivity index (χ1n) is 13.0. The lowest BCUT2D eigenvalue weighted by atomic mass is 9.99. The standard InChI is InChI=1S/C14H22N4O.C7H7N3.C6H15NO.CH4/c1-3-9(2)12(7-19)16-6-10-4-5-11-13(10)17-8-18-14(11)15;8-7-5-2-1-3-6(5)9-4-10-7;1-3-5(2)6(7)4-8;/h4,8-9,12,16,19H,3,5-7H2,1-2H3,(H2,15,17,18);1,3-4H,2H2,(H2,8,9,10);5-6,8H,3-4,7H2,1-2H3;1H4/t9-,12+;;5-,6+;/m0.0./s1. The Morgan fingerprint density at radius 2 is 1.53 bits per heavy atom. The van der Waals surface area contributed by atoms with E-state index in [4.69, 9.17) is 22.3 Å². The summed E-state index contributed by atoms with van der Waals surface area (Å²) in [5.41, 5.74) is 22.0. The molecule has 38 heavy (non-hydrogen) atoms. The molecule has 0 fully saturated rings. The van der Waals surface area contributed by atoms with Gasteiger partial charge in [0.25, 0.3) is 0 Å². The van der Waals surface area contributed by atoms with Crippen LogP contribution in [-0.2, 0) is 12.8 Å². The van der Waals surface area contributed by atoms with Gasteiger partial charge in [0.2, 0.25) is 0 Å². The molecule has 0 spiro atoms. The van der Waals surface area contributed by atoms with Crippen molar-refractivity contribution in [2.75, 3.05) is 31.2 Å². The van der Waals surface area contributed by atoms with Crippen LogP contribution >= 0.6 is 0 Å². The lowest BCUT2D eigenvalue weighted by Gasteiger charge is -2.22. The van der Waals surface area contributed by atoms with Crippen LogP contribution in [0.2, 0.25) is 0 Å². The Morgan fingerprint density at radius 3 is 2.08 bits per heavy atom. The van der Waals surface area contributed by atoms with Gasteiger partial charge in [0.15, 0.2) is 0 Å². The van der Waals surface area contributed by atoms with Crippen LogP contribution < -0.4 is 22.5 Å². The average molecular weight is 529 g/mol. The van der Waals surface area contributed by atoms with E-state index in [-0.39, 0.29) is 32.7 Å². The van der Waals surface area contributed by atoms with Crippen molar-refractivity contribution < 1.29 is 10.2 Å². The number of nitrogens with two attached hydrogens (primary N) is 3. The molecule has 4 rings (SSSR count). The van der Waals surface area contributed by atoms with Gasteiger partial charge in [-0.3, -0.25) is 0 Å². The fourth-order valence-corrected chi connectivity index (χ4v) is 3.92. The first-order chi connectivity index (χ1) is 17.8. The van der Waals surface area contributed by atoms with Crippen LogP contribution in [0, 0.1) is 11.8 Å². The van der Waals surface area contributed by atoms with E-state index in [9.17, 15) is 5.11 Å². The summed E-state index contributed by atoms with van der Waals surface area (Å²) in [4.78, 5) is 16.2. The summed E-state index contributed by atoms with van der Waals surface area (Å²) in [7, 11) is 0. The summed E-state index contributed by atoms with van der Waals surface area (Å²) >= 11 is 0. The number of aromatic nitrogens is 4. The Hall–Kier alpha value is -2.92. The SMILES string of the molecule is C.CC[C@H](C)[C@@H](CO)NCC1=CCc2c(N)ncnc21.CC[C@H](C)[C@H](N)CO.Nc1ncnc2c1CC=C2. The fraction of sp³-hybridized carbons (Fsp3) is 0.571. The van der Waals surface area contributed by atoms with Crippen LogP contribution in [0.4, 0.5) is 11.6 Å². The first-order valence-corrected chi connectivity index (χ1v) is 13.0. The number of rotatable bonds is 9. The highest BCUT2D eigenvalue weighted by Gasteiger charge is 2.20. The first kappa shape index (κ1) is 33.1. The minimum Gasteiger partial charge on any atom is -0.395 e. The zero-order valence-electron chi connectivity index (χ0n) is 22.6. The van der Waals surface area contributed by atoms with Gasteiger partial charge in [-0.15, -0.1) is 0 Å². The van der Waals surface area contributed by atoms with Crippen LogP contribution in [0.3, 0.4) is 0 Å². The van der Waals surface area contributed by atoms with Crippen molar-refractivity contribution in [3.8, 4) is 0 Å². The largest absolute Gasteiger partial charge is 0.395 e. The third-order valence-corrected chi connectivity index (χ3v) is 7.11. The molecule has 2 aromatic heterocycles. The van der Waals surface area contributed by atoms with Gasteiger partial charge in [0.05, 0.1) is 24.6 Å². The quantitative estimate of drug-likeness (QED) is 0.283. The Balaban J connectivity index is 0.000000319. The summed E-state index contributed by atoms with van der Waals surface area (Å²) in [6.07, 6.45) is 12.9. The van der Waals surface area contributed by atoms with E-state index in [1.807, 2.05) is 19.1 Å². The Bertz CT molecular complexity index is 1040. The van der Waals surface area contributed by atoms with Crippen molar-refractivity contribution in [1.82, 2.24) is 25.3 Å². The third kappa shape index (κ3) is 9.13. The summed E-state index contributed by atoms with van der Waals surface area (Å²) in [5, 5.41) is 21.3. The van der Waals surface area contributed by atoms with Crippen LogP contribution in [0.1, 0.15) is 70.5 Å². The van der Waals surface area contributed by atoms with Gasteiger partial charge in [0.1, 0.15) is 24.3 Å². The molecule has 2 aliphatic rings. The normalized spacial score (nSPS) is 15.8. The molecule has 2 aliphatic carbocycles. The summed E-state index contributed by atoms with van der Waals surface area (Å²) < 4.78 is 0. The number of fused-ring (bicyclic) bond motifs is 2. The monoisotopic (exact) mass is 528 g/mol. The maximum atomic E-state index is 9.41. The molecular weight excluding hydrogens is 480 g/mol. The van der Waals surface area contributed by atoms with Crippen molar-refractivity contribution in [1.29, 1.82) is 0 Å². The minimum atomic E-state index is -0.0278. The fourth-order valence-electron chi connectivity index (χ4n) is 3.92. The Kier molecular flexibility index (Phi) is 14.7. The van der Waals surface area contributed by atoms with Crippen LogP contribution in [0.5, 0.6) is 0 Å². The number of anilines is 2. The van der Waals surface area contributed by atoms with E-state index in [1.165, 1.54) is 12.7 Å². The predicted octanol–water partition coefficient (Wildman–Crippen LogP) is 2.61. The van der Waals surface area contributed by atoms with Crippen molar-refractivity contribution in [2.24, 2.45) is 17.6 Å². The number of nitrogens with zero attached hydrogens (tertiary/aromatic N) is 4. The summed E-state index contributed by atoms with van der Waals surface area (Å²) in [5.74, 6) is 2.06. The average Bonchev–Trinajstić information content (AvgIpc) is 3.57. The molecule has 0 amide bonds. The molecule has 9 N–H and O–H groups in total. The lowest BCUT2D eigenvalue weighted by Crippen LogP contribution is -2.38. The van der Waals surface area contributed by atoms with Gasteiger partial charge in [-0.25, -0.2) is 19.9 Å². The highest BCUT2D eigenvalue weighted by atomic mass is 16.3. The predicted molar refractivity (Wildman–Crippen MR) is 157 cm³/mol. The second kappa shape index (κ2) is 16.8. The molecular formula is C28H48N8O2. The van der Waals surface area contributed by atoms with Crippen molar-refractivity contribution in [3.63, 3.8) is 0 Å². The van der Waals surface area contributed by atoms with Crippen molar-refractivity contribution in [2.45, 2.75) is 72.9 Å². The topological polar surface area (TPSA) is 182 Å². The molecule has 0 aromatic carbocycles. The molecule has 10 heteroatoms. The molecule has 10 nitrogen and oxygen atoms in total. The summed E-state index contributed by atoms with van der Waals surface area (Å²) in [6, 6.07) is 0.0918. The third-order valence-electron chi connectivity index (χ3n) is 7.11. The van der Waals surface area contributed by atoms with E-state index in [2.05, 4.69) is 52.1 Å². The van der Waals surface area contributed by atoms with Gasteiger partial charge in [-0.2, -0.15) is 0 Å². The minimum absolute atomic E-state index is 0. The Labute approximate surface area is 227 Å². The van der Waals surface area contributed by atoms with Crippen LogP contribution in [0.15, 0.2) is 24.8 Å². The molecule has 4 atom stereocenters. The highest BCUT2D eigenvalue weighted by molar-refractivity contribution is 5.74. The van der Waals surface area contributed by atoms with Gasteiger partial charge in [-0.1, -0.05) is 60.1 Å². The van der Waals surface area contributed by atoms with E-state index in [1.54, 1.807) is 0 Å². The van der Waals surface area contributed by atoms with E-state index < -0.39 is 0 Å². The van der Waals surface area contributed by atoms with Gasteiger partial charge < -0.3 is 32.7 Å². The zero-order valence-corrected chi connectivity index (χ0v) is 22.6. The summed E-state index contributed by atoms with van der Waals surface area (Å²) in [6.45, 7) is 9.36. The highest BCUT2D eigenvalue weighted by Crippen LogP contribution is 2.27. The van der Waals surface area contributed by atoms with Gasteiger partial charge in [0, 0.05) is 29.8 Å². The number of nitrogen functional groups attached to an aromatic ring is 2. The molecule has 0 saturated heterocycles. The van der Waals surface area contributed by atoms with E-state index >= 15 is 0 Å². The van der Waals surface area contributed by atoms with Crippen LogP contribution in [-0.4, -0.2) is 62.0 Å². The molecule has 0 saturated carbocycles. The van der Waals surface area contributed by atoms with Gasteiger partial charge >= 0.3 is 0 Å². The number of hydrogen-bond donors (Lipinski definition) is 6. The second-order valence-corrected chi connectivity index (χ2v) is 9.54. The number of allylic oxidation sites excluding steroid dienone is 2. The number of nitrogens with one attached hydrogen (secondary N) is 1. The maximum Gasteiger partial charge on any atom is 0.130 e.